The minimum atomic E-state index is -3.26. The first-order valence-corrected chi connectivity index (χ1v) is 8.64. The number of sulfonamides is 1. The van der Waals surface area contributed by atoms with E-state index in [0.29, 0.717) is 17.3 Å². The summed E-state index contributed by atoms with van der Waals surface area (Å²) in [5.74, 6) is 0. The van der Waals surface area contributed by atoms with Crippen molar-refractivity contribution in [2.45, 2.75) is 24.5 Å². The van der Waals surface area contributed by atoms with Crippen LogP contribution < -0.4 is 0 Å². The lowest BCUT2D eigenvalue weighted by atomic mass is 10.4. The molecule has 1 saturated heterocycles. The van der Waals surface area contributed by atoms with Gasteiger partial charge in [0.05, 0.1) is 0 Å². The summed E-state index contributed by atoms with van der Waals surface area (Å²) < 4.78 is 27.0. The first-order chi connectivity index (χ1) is 8.57. The molecule has 0 aromatic carbocycles. The highest BCUT2D eigenvalue weighted by Gasteiger charge is 2.28. The Morgan fingerprint density at radius 2 is 1.83 bits per heavy atom. The molecule has 2 rings (SSSR count). The molecule has 0 aliphatic carbocycles. The zero-order valence-electron chi connectivity index (χ0n) is 10.9. The van der Waals surface area contributed by atoms with E-state index in [2.05, 4.69) is 11.8 Å². The van der Waals surface area contributed by atoms with E-state index in [4.69, 9.17) is 0 Å². The van der Waals surface area contributed by atoms with Gasteiger partial charge in [0.2, 0.25) is 0 Å². The van der Waals surface area contributed by atoms with Crippen LogP contribution >= 0.6 is 11.3 Å². The van der Waals surface area contributed by atoms with Gasteiger partial charge in [-0.15, -0.1) is 11.3 Å². The Hall–Kier alpha value is -0.430. The van der Waals surface area contributed by atoms with E-state index in [9.17, 15) is 8.42 Å². The van der Waals surface area contributed by atoms with Crippen molar-refractivity contribution in [1.82, 2.24) is 9.21 Å². The lowest BCUT2D eigenvalue weighted by Crippen LogP contribution is -2.48. The minimum absolute atomic E-state index is 0.490. The molecule has 0 saturated carbocycles. The Balaban J connectivity index is 2.12. The van der Waals surface area contributed by atoms with Crippen LogP contribution in [-0.4, -0.2) is 50.3 Å². The Labute approximate surface area is 113 Å². The zero-order valence-corrected chi connectivity index (χ0v) is 12.6. The van der Waals surface area contributed by atoms with Crippen molar-refractivity contribution in [3.63, 3.8) is 0 Å². The first kappa shape index (κ1) is 14.0. The van der Waals surface area contributed by atoms with Crippen molar-refractivity contribution in [3.05, 3.63) is 17.0 Å². The number of likely N-dealkylation sites (N-methyl/N-ethyl adjacent to an activating group) is 1. The van der Waals surface area contributed by atoms with Gasteiger partial charge in [-0.25, -0.2) is 8.42 Å². The van der Waals surface area contributed by atoms with E-state index in [-0.39, 0.29) is 0 Å². The summed E-state index contributed by atoms with van der Waals surface area (Å²) in [6, 6.07) is 3.66. The molecule has 1 aromatic rings. The van der Waals surface area contributed by atoms with Crippen molar-refractivity contribution in [2.24, 2.45) is 0 Å². The lowest BCUT2D eigenvalue weighted by molar-refractivity contribution is 0.196. The minimum Gasteiger partial charge on any atom is -0.301 e. The van der Waals surface area contributed by atoms with Crippen molar-refractivity contribution in [3.8, 4) is 0 Å². The number of nitrogens with zero attached hydrogens (tertiary/aromatic N) is 2. The molecule has 0 bridgehead atoms. The van der Waals surface area contributed by atoms with Crippen molar-refractivity contribution >= 4 is 21.4 Å². The van der Waals surface area contributed by atoms with Crippen LogP contribution in [0, 0.1) is 0 Å². The number of hydrogen-bond donors (Lipinski definition) is 0. The fourth-order valence-corrected chi connectivity index (χ4v) is 4.97. The van der Waals surface area contributed by atoms with Gasteiger partial charge in [-0.05, 0) is 25.1 Å². The Morgan fingerprint density at radius 3 is 2.33 bits per heavy atom. The van der Waals surface area contributed by atoms with Gasteiger partial charge in [-0.2, -0.15) is 4.31 Å². The maximum Gasteiger partial charge on any atom is 0.252 e. The molecule has 0 N–H and O–H groups in total. The van der Waals surface area contributed by atoms with Gasteiger partial charge in [0.25, 0.3) is 10.0 Å². The van der Waals surface area contributed by atoms with Crippen LogP contribution in [0.2, 0.25) is 0 Å². The molecule has 0 radical (unpaired) electrons. The third-order valence-corrected chi connectivity index (χ3v) is 6.95. The lowest BCUT2D eigenvalue weighted by Gasteiger charge is -2.32. The van der Waals surface area contributed by atoms with E-state index in [0.717, 1.165) is 30.9 Å². The number of rotatable bonds is 4. The van der Waals surface area contributed by atoms with E-state index < -0.39 is 10.0 Å². The second-order valence-electron chi connectivity index (χ2n) is 4.41. The fraction of sp³-hybridized carbons (Fsp3) is 0.667. The Kier molecular flexibility index (Phi) is 4.42. The second-order valence-corrected chi connectivity index (χ2v) is 7.75. The zero-order chi connectivity index (χ0) is 13.2. The summed E-state index contributed by atoms with van der Waals surface area (Å²) in [4.78, 5) is 3.40. The quantitative estimate of drug-likeness (QED) is 0.845. The van der Waals surface area contributed by atoms with Gasteiger partial charge in [0.15, 0.2) is 0 Å². The standard InChI is InChI=1S/C12H20N2O2S2/c1-3-11-5-6-12(17-11)18(15,16)14-9-7-13(4-2)8-10-14/h5-6H,3-4,7-10H2,1-2H3. The number of hydrogen-bond acceptors (Lipinski definition) is 4. The van der Waals surface area contributed by atoms with Crippen molar-refractivity contribution in [1.29, 1.82) is 0 Å². The normalized spacial score (nSPS) is 19.2. The molecule has 1 aromatic heterocycles. The summed E-state index contributed by atoms with van der Waals surface area (Å²) in [6.45, 7) is 8.03. The largest absolute Gasteiger partial charge is 0.301 e. The van der Waals surface area contributed by atoms with Gasteiger partial charge >= 0.3 is 0 Å². The molecule has 2 heterocycles. The summed E-state index contributed by atoms with van der Waals surface area (Å²) in [6.07, 6.45) is 0.893. The van der Waals surface area contributed by atoms with Crippen LogP contribution in [0.1, 0.15) is 18.7 Å². The van der Waals surface area contributed by atoms with Gasteiger partial charge in [-0.3, -0.25) is 0 Å². The Bertz CT molecular complexity index is 488. The highest BCUT2D eigenvalue weighted by Crippen LogP contribution is 2.25. The third kappa shape index (κ3) is 2.77. The smallest absolute Gasteiger partial charge is 0.252 e. The molecule has 1 aliphatic heterocycles. The SMILES string of the molecule is CCc1ccc(S(=O)(=O)N2CCN(CC)CC2)s1. The molecular weight excluding hydrogens is 268 g/mol. The highest BCUT2D eigenvalue weighted by molar-refractivity contribution is 7.91. The number of thiophene rings is 1. The summed E-state index contributed by atoms with van der Waals surface area (Å²) in [5, 5.41) is 0. The average Bonchev–Trinajstić information content (AvgIpc) is 2.88. The summed E-state index contributed by atoms with van der Waals surface area (Å²) >= 11 is 1.40. The van der Waals surface area contributed by atoms with Crippen molar-refractivity contribution in [2.75, 3.05) is 32.7 Å². The van der Waals surface area contributed by atoms with E-state index in [1.165, 1.54) is 11.3 Å². The summed E-state index contributed by atoms with van der Waals surface area (Å²) in [5.41, 5.74) is 0. The monoisotopic (exact) mass is 288 g/mol. The number of piperazine rings is 1. The van der Waals surface area contributed by atoms with Gasteiger partial charge < -0.3 is 4.90 Å². The highest BCUT2D eigenvalue weighted by atomic mass is 32.2. The van der Waals surface area contributed by atoms with Gasteiger partial charge in [-0.1, -0.05) is 13.8 Å². The molecule has 0 atom stereocenters. The molecule has 102 valence electrons. The maximum atomic E-state index is 12.4. The predicted molar refractivity (Wildman–Crippen MR) is 74.6 cm³/mol. The van der Waals surface area contributed by atoms with E-state index >= 15 is 0 Å². The molecule has 0 spiro atoms. The fourth-order valence-electron chi connectivity index (χ4n) is 2.10. The first-order valence-electron chi connectivity index (χ1n) is 6.39. The number of aryl methyl sites for hydroxylation is 1. The molecule has 4 nitrogen and oxygen atoms in total. The van der Waals surface area contributed by atoms with Crippen LogP contribution in [0.3, 0.4) is 0 Å². The summed E-state index contributed by atoms with van der Waals surface area (Å²) in [7, 11) is -3.26. The van der Waals surface area contributed by atoms with Crippen LogP contribution in [-0.2, 0) is 16.4 Å². The molecule has 0 amide bonds. The van der Waals surface area contributed by atoms with Crippen LogP contribution in [0.15, 0.2) is 16.3 Å². The van der Waals surface area contributed by atoms with Gasteiger partial charge in [0.1, 0.15) is 4.21 Å². The third-order valence-electron chi connectivity index (χ3n) is 3.36. The Morgan fingerprint density at radius 1 is 1.17 bits per heavy atom. The van der Waals surface area contributed by atoms with Crippen LogP contribution in [0.4, 0.5) is 0 Å². The van der Waals surface area contributed by atoms with E-state index in [1.54, 1.807) is 10.4 Å². The second kappa shape index (κ2) is 5.69. The maximum absolute atomic E-state index is 12.4. The topological polar surface area (TPSA) is 40.6 Å². The predicted octanol–water partition coefficient (Wildman–Crippen LogP) is 1.64. The molecule has 0 unspecified atom stereocenters. The molecule has 18 heavy (non-hydrogen) atoms. The average molecular weight is 288 g/mol. The van der Waals surface area contributed by atoms with Crippen LogP contribution in [0.5, 0.6) is 0 Å². The molecule has 6 heteroatoms. The van der Waals surface area contributed by atoms with Gasteiger partial charge in [0, 0.05) is 31.1 Å². The van der Waals surface area contributed by atoms with Crippen LogP contribution in [0.25, 0.3) is 0 Å². The van der Waals surface area contributed by atoms with E-state index in [1.807, 2.05) is 13.0 Å². The molecule has 1 fully saturated rings. The van der Waals surface area contributed by atoms with Crippen molar-refractivity contribution < 1.29 is 8.42 Å². The molecule has 1 aliphatic rings. The molecular formula is C12H20N2O2S2.